The topological polar surface area (TPSA) is 80.2 Å². The van der Waals surface area contributed by atoms with E-state index in [0.717, 1.165) is 31.4 Å². The Morgan fingerprint density at radius 2 is 1.97 bits per heavy atom. The third-order valence-corrected chi connectivity index (χ3v) is 6.39. The van der Waals surface area contributed by atoms with Crippen LogP contribution in [0.2, 0.25) is 0 Å². The van der Waals surface area contributed by atoms with Crippen molar-refractivity contribution in [1.29, 1.82) is 0 Å². The number of pyridine rings is 1. The smallest absolute Gasteiger partial charge is 0.433 e. The highest BCUT2D eigenvalue weighted by Gasteiger charge is 2.48. The molecule has 0 atom stereocenters. The predicted molar refractivity (Wildman–Crippen MR) is 108 cm³/mol. The van der Waals surface area contributed by atoms with Gasteiger partial charge in [-0.15, -0.1) is 10.2 Å². The predicted octanol–water partition coefficient (Wildman–Crippen LogP) is 3.13. The number of hydrogen-bond acceptors (Lipinski definition) is 9. The Bertz CT molecular complexity index is 1090. The van der Waals surface area contributed by atoms with Gasteiger partial charge in [-0.25, -0.2) is 9.97 Å². The van der Waals surface area contributed by atoms with E-state index in [-0.39, 0.29) is 5.41 Å². The van der Waals surface area contributed by atoms with Gasteiger partial charge in [-0.3, -0.25) is 4.98 Å². The van der Waals surface area contributed by atoms with Crippen LogP contribution < -0.4 is 14.5 Å². The second-order valence-electron chi connectivity index (χ2n) is 7.75. The lowest BCUT2D eigenvalue weighted by Crippen LogP contribution is -2.57. The van der Waals surface area contributed by atoms with Gasteiger partial charge in [0.25, 0.3) is 0 Å². The zero-order valence-corrected chi connectivity index (χ0v) is 17.3. The maximum atomic E-state index is 13.0. The van der Waals surface area contributed by atoms with Crippen molar-refractivity contribution in [3.63, 3.8) is 0 Å². The van der Waals surface area contributed by atoms with Crippen LogP contribution >= 0.6 is 11.3 Å². The number of alkyl halides is 3. The number of hydrogen-bond donors (Lipinski definition) is 0. The lowest BCUT2D eigenvalue weighted by molar-refractivity contribution is -0.141. The molecular weight excluding hydrogens is 431 g/mol. The molecule has 5 heterocycles. The summed E-state index contributed by atoms with van der Waals surface area (Å²) in [6.07, 6.45) is -0.619. The van der Waals surface area contributed by atoms with Gasteiger partial charge in [-0.05, 0) is 18.6 Å². The van der Waals surface area contributed by atoms with Crippen molar-refractivity contribution in [2.45, 2.75) is 12.6 Å². The van der Waals surface area contributed by atoms with Crippen molar-refractivity contribution < 1.29 is 17.9 Å². The third kappa shape index (κ3) is 3.64. The summed E-state index contributed by atoms with van der Waals surface area (Å²) in [4.78, 5) is 16.6. The number of halogens is 3. The maximum Gasteiger partial charge on any atom is 0.433 e. The van der Waals surface area contributed by atoms with E-state index in [0.29, 0.717) is 35.4 Å². The second kappa shape index (κ2) is 7.29. The van der Waals surface area contributed by atoms with Crippen LogP contribution in [-0.2, 0) is 6.18 Å². The summed E-state index contributed by atoms with van der Waals surface area (Å²) in [7, 11) is 1.53. The molecule has 31 heavy (non-hydrogen) atoms. The Labute approximate surface area is 179 Å². The first-order valence-electron chi connectivity index (χ1n) is 9.58. The molecule has 0 N–H and O–H groups in total. The van der Waals surface area contributed by atoms with Crippen LogP contribution in [-0.4, -0.2) is 58.4 Å². The molecule has 2 fully saturated rings. The van der Waals surface area contributed by atoms with Crippen LogP contribution in [0.3, 0.4) is 0 Å². The first kappa shape index (κ1) is 19.9. The van der Waals surface area contributed by atoms with E-state index in [1.165, 1.54) is 24.6 Å². The molecular formula is C19H18F3N7OS. The van der Waals surface area contributed by atoms with Crippen LogP contribution in [0.5, 0.6) is 5.88 Å². The van der Waals surface area contributed by atoms with Crippen LogP contribution in [0.25, 0.3) is 10.7 Å². The molecule has 0 aromatic carbocycles. The molecule has 3 aromatic heterocycles. The van der Waals surface area contributed by atoms with E-state index in [1.54, 1.807) is 17.8 Å². The van der Waals surface area contributed by atoms with Gasteiger partial charge in [0.05, 0.1) is 13.3 Å². The molecule has 162 valence electrons. The van der Waals surface area contributed by atoms with Crippen LogP contribution in [0, 0.1) is 5.41 Å². The minimum atomic E-state index is -4.44. The minimum absolute atomic E-state index is 0.0200. The lowest BCUT2D eigenvalue weighted by Gasteiger charge is -2.49. The molecule has 0 bridgehead atoms. The van der Waals surface area contributed by atoms with Crippen LogP contribution in [0.1, 0.15) is 12.1 Å². The summed E-state index contributed by atoms with van der Waals surface area (Å²) in [5.41, 5.74) is 1.88. The maximum absolute atomic E-state index is 13.0. The molecule has 8 nitrogen and oxygen atoms in total. The standard InChI is InChI=1S/C19H18F3N7OS/c1-30-16-15(17-27-25-11-31-17)26-14(7-24-16)28-5-3-18(8-28)9-29(10-18)12-2-4-23-13(6-12)19(20,21)22/h2,4,6-7,11H,3,5,8-10H2,1H3. The SMILES string of the molecule is COc1ncc(N2CCC3(CN(c4ccnc(C(F)(F)F)c4)C3)C2)nc1-c1nncs1. The summed E-state index contributed by atoms with van der Waals surface area (Å²) >= 11 is 1.36. The summed E-state index contributed by atoms with van der Waals surface area (Å²) in [5.74, 6) is 1.12. The van der Waals surface area contributed by atoms with Crippen molar-refractivity contribution in [3.05, 3.63) is 35.7 Å². The summed E-state index contributed by atoms with van der Waals surface area (Å²) in [6.45, 7) is 2.95. The Kier molecular flexibility index (Phi) is 4.68. The fourth-order valence-corrected chi connectivity index (χ4v) is 4.72. The van der Waals surface area contributed by atoms with Crippen molar-refractivity contribution in [2.24, 2.45) is 5.41 Å². The lowest BCUT2D eigenvalue weighted by atomic mass is 9.79. The normalized spacial score (nSPS) is 17.8. The Hall–Kier alpha value is -3.02. The molecule has 5 rings (SSSR count). The number of ether oxygens (including phenoxy) is 1. The highest BCUT2D eigenvalue weighted by Crippen LogP contribution is 2.44. The van der Waals surface area contributed by atoms with Gasteiger partial charge in [0, 0.05) is 43.5 Å². The number of nitrogens with zero attached hydrogens (tertiary/aromatic N) is 7. The average Bonchev–Trinajstić information content (AvgIpc) is 3.42. The van der Waals surface area contributed by atoms with E-state index < -0.39 is 11.9 Å². The minimum Gasteiger partial charge on any atom is -0.479 e. The van der Waals surface area contributed by atoms with E-state index in [1.807, 2.05) is 4.90 Å². The molecule has 2 saturated heterocycles. The number of anilines is 2. The van der Waals surface area contributed by atoms with Crippen molar-refractivity contribution in [2.75, 3.05) is 43.1 Å². The highest BCUT2D eigenvalue weighted by atomic mass is 32.1. The van der Waals surface area contributed by atoms with Crippen molar-refractivity contribution in [1.82, 2.24) is 25.1 Å². The van der Waals surface area contributed by atoms with Gasteiger partial charge in [0.1, 0.15) is 17.0 Å². The van der Waals surface area contributed by atoms with E-state index in [2.05, 4.69) is 25.1 Å². The van der Waals surface area contributed by atoms with Gasteiger partial charge in [0.15, 0.2) is 10.7 Å². The molecule has 0 aliphatic carbocycles. The molecule has 1 spiro atoms. The zero-order chi connectivity index (χ0) is 21.6. The Morgan fingerprint density at radius 3 is 2.68 bits per heavy atom. The second-order valence-corrected chi connectivity index (χ2v) is 8.59. The number of methoxy groups -OCH3 is 1. The van der Waals surface area contributed by atoms with Crippen molar-refractivity contribution >= 4 is 22.8 Å². The highest BCUT2D eigenvalue weighted by molar-refractivity contribution is 7.12. The number of rotatable bonds is 4. The summed E-state index contributed by atoms with van der Waals surface area (Å²) in [6, 6.07) is 2.74. The van der Waals surface area contributed by atoms with Gasteiger partial charge >= 0.3 is 6.18 Å². The fraction of sp³-hybridized carbons (Fsp3) is 0.421. The molecule has 0 radical (unpaired) electrons. The number of aromatic nitrogens is 5. The van der Waals surface area contributed by atoms with Crippen LogP contribution in [0.4, 0.5) is 24.7 Å². The molecule has 12 heteroatoms. The van der Waals surface area contributed by atoms with Gasteiger partial charge < -0.3 is 14.5 Å². The Balaban J connectivity index is 1.30. The first-order chi connectivity index (χ1) is 14.9. The quantitative estimate of drug-likeness (QED) is 0.601. The molecule has 0 unspecified atom stereocenters. The van der Waals surface area contributed by atoms with Crippen LogP contribution in [0.15, 0.2) is 30.0 Å². The third-order valence-electron chi connectivity index (χ3n) is 5.70. The fourth-order valence-electron chi connectivity index (χ4n) is 4.19. The monoisotopic (exact) mass is 449 g/mol. The zero-order valence-electron chi connectivity index (χ0n) is 16.5. The largest absolute Gasteiger partial charge is 0.479 e. The van der Waals surface area contributed by atoms with E-state index in [4.69, 9.17) is 9.72 Å². The first-order valence-corrected chi connectivity index (χ1v) is 10.5. The molecule has 3 aromatic rings. The van der Waals surface area contributed by atoms with Gasteiger partial charge in [0.2, 0.25) is 5.88 Å². The van der Waals surface area contributed by atoms with E-state index in [9.17, 15) is 13.2 Å². The molecule has 0 amide bonds. The average molecular weight is 449 g/mol. The Morgan fingerprint density at radius 1 is 1.16 bits per heavy atom. The molecule has 2 aliphatic rings. The summed E-state index contributed by atoms with van der Waals surface area (Å²) < 4.78 is 44.2. The van der Waals surface area contributed by atoms with E-state index >= 15 is 0 Å². The van der Waals surface area contributed by atoms with Crippen molar-refractivity contribution in [3.8, 4) is 16.6 Å². The molecule has 2 aliphatic heterocycles. The van der Waals surface area contributed by atoms with Gasteiger partial charge in [-0.1, -0.05) is 11.3 Å². The summed E-state index contributed by atoms with van der Waals surface area (Å²) in [5, 5.41) is 8.55. The van der Waals surface area contributed by atoms with Gasteiger partial charge in [-0.2, -0.15) is 13.2 Å². The molecule has 0 saturated carbocycles.